The van der Waals surface area contributed by atoms with Crippen LogP contribution in [0.1, 0.15) is 17.9 Å². The molecule has 1 aliphatic heterocycles. The number of halogens is 3. The highest BCUT2D eigenvalue weighted by Crippen LogP contribution is 2.40. The summed E-state index contributed by atoms with van der Waals surface area (Å²) in [6.45, 7) is 0.205. The first kappa shape index (κ1) is 12.4. The van der Waals surface area contributed by atoms with Crippen LogP contribution in [-0.4, -0.2) is 24.0 Å². The van der Waals surface area contributed by atoms with Gasteiger partial charge in [0.05, 0.1) is 18.0 Å². The predicted octanol–water partition coefficient (Wildman–Crippen LogP) is 3.09. The summed E-state index contributed by atoms with van der Waals surface area (Å²) in [5, 5.41) is 3.18. The highest BCUT2D eigenvalue weighted by atomic mass is 19.3. The molecule has 0 aliphatic carbocycles. The maximum Gasteiger partial charge on any atom is 0.267 e. The number of rotatable bonds is 1. The largest absolute Gasteiger partial charge is 0.311 e. The van der Waals surface area contributed by atoms with Crippen LogP contribution in [0, 0.1) is 5.82 Å². The molecule has 1 aromatic carbocycles. The van der Waals surface area contributed by atoms with E-state index in [4.69, 9.17) is 0 Å². The lowest BCUT2D eigenvalue weighted by atomic mass is 9.85. The smallest absolute Gasteiger partial charge is 0.267 e. The van der Waals surface area contributed by atoms with Gasteiger partial charge in [0.2, 0.25) is 0 Å². The van der Waals surface area contributed by atoms with Gasteiger partial charge >= 0.3 is 0 Å². The van der Waals surface area contributed by atoms with Gasteiger partial charge in [0.1, 0.15) is 5.82 Å². The molecule has 100 valence electrons. The fourth-order valence-corrected chi connectivity index (χ4v) is 2.66. The standard InChI is InChI=1S/C14H13F3N2/c15-9-1-2-13-11(7-9)10(3-6-19-13)12-4-5-18-8-14(12,16)17/h1-3,6-7,12,18H,4-5,8H2. The zero-order valence-corrected chi connectivity index (χ0v) is 10.2. The molecule has 1 fully saturated rings. The molecule has 0 saturated carbocycles. The molecule has 1 aromatic heterocycles. The van der Waals surface area contributed by atoms with Crippen LogP contribution in [0.15, 0.2) is 30.5 Å². The summed E-state index contributed by atoms with van der Waals surface area (Å²) in [6.07, 6.45) is 1.84. The number of alkyl halides is 2. The van der Waals surface area contributed by atoms with Gasteiger partial charge in [-0.1, -0.05) is 0 Å². The molecule has 0 amide bonds. The van der Waals surface area contributed by atoms with Crippen molar-refractivity contribution in [3.63, 3.8) is 0 Å². The minimum absolute atomic E-state index is 0.336. The molecule has 2 nitrogen and oxygen atoms in total. The number of fused-ring (bicyclic) bond motifs is 1. The molecule has 1 aliphatic rings. The minimum atomic E-state index is -2.82. The first-order valence-corrected chi connectivity index (χ1v) is 6.21. The lowest BCUT2D eigenvalue weighted by molar-refractivity contribution is -0.0416. The average Bonchev–Trinajstić information content (AvgIpc) is 2.38. The average molecular weight is 266 g/mol. The van der Waals surface area contributed by atoms with Crippen molar-refractivity contribution in [2.24, 2.45) is 0 Å². The summed E-state index contributed by atoms with van der Waals surface area (Å²) < 4.78 is 41.4. The van der Waals surface area contributed by atoms with Gasteiger partial charge in [-0.3, -0.25) is 4.98 Å². The van der Waals surface area contributed by atoms with Crippen molar-refractivity contribution < 1.29 is 13.2 Å². The quantitative estimate of drug-likeness (QED) is 0.858. The van der Waals surface area contributed by atoms with E-state index >= 15 is 0 Å². The van der Waals surface area contributed by atoms with Crippen LogP contribution in [0.4, 0.5) is 13.2 Å². The Morgan fingerprint density at radius 1 is 1.26 bits per heavy atom. The third kappa shape index (κ3) is 2.18. The predicted molar refractivity (Wildman–Crippen MR) is 66.9 cm³/mol. The molecular formula is C14H13F3N2. The van der Waals surface area contributed by atoms with Crippen molar-refractivity contribution in [3.8, 4) is 0 Å². The van der Waals surface area contributed by atoms with Crippen molar-refractivity contribution in [2.75, 3.05) is 13.1 Å². The van der Waals surface area contributed by atoms with Crippen LogP contribution in [-0.2, 0) is 0 Å². The highest BCUT2D eigenvalue weighted by Gasteiger charge is 2.42. The zero-order valence-electron chi connectivity index (χ0n) is 10.2. The lowest BCUT2D eigenvalue weighted by Gasteiger charge is -2.32. The molecule has 5 heteroatoms. The van der Waals surface area contributed by atoms with E-state index in [1.165, 1.54) is 24.4 Å². The van der Waals surface area contributed by atoms with Crippen LogP contribution in [0.2, 0.25) is 0 Å². The van der Waals surface area contributed by atoms with Crippen molar-refractivity contribution in [3.05, 3.63) is 41.8 Å². The Kier molecular flexibility index (Phi) is 2.93. The maximum absolute atomic E-state index is 14.0. The SMILES string of the molecule is Fc1ccc2nccc(C3CCNCC3(F)F)c2c1. The van der Waals surface area contributed by atoms with Crippen LogP contribution in [0.5, 0.6) is 0 Å². The Balaban J connectivity index is 2.16. The van der Waals surface area contributed by atoms with Gasteiger partial charge in [0, 0.05) is 11.6 Å². The van der Waals surface area contributed by atoms with E-state index in [0.717, 1.165) is 0 Å². The maximum atomic E-state index is 14.0. The molecular weight excluding hydrogens is 253 g/mol. The van der Waals surface area contributed by atoms with Crippen LogP contribution in [0.25, 0.3) is 10.9 Å². The molecule has 1 atom stereocenters. The van der Waals surface area contributed by atoms with Gasteiger partial charge in [-0.05, 0) is 42.8 Å². The molecule has 19 heavy (non-hydrogen) atoms. The van der Waals surface area contributed by atoms with E-state index in [1.807, 2.05) is 0 Å². The first-order valence-electron chi connectivity index (χ1n) is 6.21. The highest BCUT2D eigenvalue weighted by molar-refractivity contribution is 5.82. The number of pyridine rings is 1. The molecule has 0 spiro atoms. The summed E-state index contributed by atoms with van der Waals surface area (Å²) >= 11 is 0. The van der Waals surface area contributed by atoms with Gasteiger partial charge in [0.15, 0.2) is 0 Å². The normalized spacial score (nSPS) is 22.6. The Hall–Kier alpha value is -1.62. The van der Waals surface area contributed by atoms with Gasteiger partial charge < -0.3 is 5.32 Å². The molecule has 1 N–H and O–H groups in total. The Morgan fingerprint density at radius 2 is 2.11 bits per heavy atom. The number of benzene rings is 1. The number of piperidine rings is 1. The van der Waals surface area contributed by atoms with Gasteiger partial charge in [-0.25, -0.2) is 13.2 Å². The van der Waals surface area contributed by atoms with E-state index in [0.29, 0.717) is 29.4 Å². The van der Waals surface area contributed by atoms with Crippen molar-refractivity contribution >= 4 is 10.9 Å². The molecule has 0 bridgehead atoms. The van der Waals surface area contributed by atoms with Gasteiger partial charge in [-0.15, -0.1) is 0 Å². The Labute approximate surface area is 108 Å². The summed E-state index contributed by atoms with van der Waals surface area (Å²) in [5.41, 5.74) is 1.03. The zero-order chi connectivity index (χ0) is 13.5. The fraction of sp³-hybridized carbons (Fsp3) is 0.357. The summed E-state index contributed by atoms with van der Waals surface area (Å²) in [7, 11) is 0. The van der Waals surface area contributed by atoms with E-state index in [1.54, 1.807) is 6.07 Å². The van der Waals surface area contributed by atoms with Crippen molar-refractivity contribution in [2.45, 2.75) is 18.3 Å². The summed E-state index contributed by atoms with van der Waals surface area (Å²) in [6, 6.07) is 5.68. The van der Waals surface area contributed by atoms with Crippen molar-refractivity contribution in [1.82, 2.24) is 10.3 Å². The number of nitrogens with one attached hydrogen (secondary N) is 1. The monoisotopic (exact) mass is 266 g/mol. The van der Waals surface area contributed by atoms with E-state index < -0.39 is 17.7 Å². The molecule has 2 heterocycles. The second-order valence-electron chi connectivity index (χ2n) is 4.84. The first-order chi connectivity index (χ1) is 9.08. The van der Waals surface area contributed by atoms with Crippen LogP contribution in [0.3, 0.4) is 0 Å². The summed E-state index contributed by atoms with van der Waals surface area (Å²) in [4.78, 5) is 4.10. The van der Waals surface area contributed by atoms with Crippen molar-refractivity contribution in [1.29, 1.82) is 0 Å². The second kappa shape index (κ2) is 4.49. The second-order valence-corrected chi connectivity index (χ2v) is 4.84. The van der Waals surface area contributed by atoms with E-state index in [2.05, 4.69) is 10.3 Å². The number of hydrogen-bond acceptors (Lipinski definition) is 2. The van der Waals surface area contributed by atoms with Crippen LogP contribution >= 0.6 is 0 Å². The van der Waals surface area contributed by atoms with E-state index in [9.17, 15) is 13.2 Å². The summed E-state index contributed by atoms with van der Waals surface area (Å²) in [5.74, 6) is -4.14. The Morgan fingerprint density at radius 3 is 2.89 bits per heavy atom. The number of nitrogens with zero attached hydrogens (tertiary/aromatic N) is 1. The topological polar surface area (TPSA) is 24.9 Å². The minimum Gasteiger partial charge on any atom is -0.311 e. The Bertz CT molecular complexity index is 613. The van der Waals surface area contributed by atoms with Crippen LogP contribution < -0.4 is 5.32 Å². The fourth-order valence-electron chi connectivity index (χ4n) is 2.66. The van der Waals surface area contributed by atoms with Gasteiger partial charge in [0.25, 0.3) is 5.92 Å². The molecule has 3 rings (SSSR count). The molecule has 0 radical (unpaired) electrons. The number of aromatic nitrogens is 1. The number of hydrogen-bond donors (Lipinski definition) is 1. The lowest BCUT2D eigenvalue weighted by Crippen LogP contribution is -2.44. The molecule has 2 aromatic rings. The van der Waals surface area contributed by atoms with Gasteiger partial charge in [-0.2, -0.15) is 0 Å². The third-order valence-corrected chi connectivity index (χ3v) is 3.59. The third-order valence-electron chi connectivity index (χ3n) is 3.59. The molecule has 1 unspecified atom stereocenters. The van der Waals surface area contributed by atoms with E-state index in [-0.39, 0.29) is 6.54 Å². The molecule has 1 saturated heterocycles.